The highest BCUT2D eigenvalue weighted by Crippen LogP contribution is 2.14. The summed E-state index contributed by atoms with van der Waals surface area (Å²) < 4.78 is 10.1. The third-order valence-corrected chi connectivity index (χ3v) is 2.37. The van der Waals surface area contributed by atoms with Gasteiger partial charge in [-0.25, -0.2) is 9.78 Å². The van der Waals surface area contributed by atoms with E-state index in [0.717, 1.165) is 6.42 Å². The van der Waals surface area contributed by atoms with E-state index in [2.05, 4.69) is 10.3 Å². The summed E-state index contributed by atoms with van der Waals surface area (Å²) in [6.45, 7) is 2.40. The molecule has 0 fully saturated rings. The SMILES string of the molecule is COCCOCCCNc1cc(C(=O)O)c(N)cn1. The zero-order valence-corrected chi connectivity index (χ0v) is 10.9. The molecule has 1 aromatic rings. The molecule has 0 radical (unpaired) electrons. The maximum atomic E-state index is 10.9. The molecule has 0 saturated heterocycles. The predicted octanol–water partition coefficient (Wildman–Crippen LogP) is 0.827. The number of pyridine rings is 1. The quantitative estimate of drug-likeness (QED) is 0.570. The zero-order valence-electron chi connectivity index (χ0n) is 10.9. The highest BCUT2D eigenvalue weighted by Gasteiger charge is 2.09. The Bertz CT molecular complexity index is 412. The molecule has 7 nitrogen and oxygen atoms in total. The van der Waals surface area contributed by atoms with Crippen molar-refractivity contribution in [3.05, 3.63) is 17.8 Å². The molecular weight excluding hydrogens is 250 g/mol. The third kappa shape index (κ3) is 5.54. The van der Waals surface area contributed by atoms with Crippen molar-refractivity contribution >= 4 is 17.5 Å². The van der Waals surface area contributed by atoms with E-state index in [0.29, 0.717) is 32.2 Å². The lowest BCUT2D eigenvalue weighted by Gasteiger charge is -2.08. The lowest BCUT2D eigenvalue weighted by atomic mass is 10.2. The van der Waals surface area contributed by atoms with E-state index in [1.165, 1.54) is 12.3 Å². The molecular formula is C12H19N3O4. The molecule has 0 aliphatic rings. The maximum absolute atomic E-state index is 10.9. The second-order valence-corrected chi connectivity index (χ2v) is 3.85. The van der Waals surface area contributed by atoms with Crippen molar-refractivity contribution in [3.8, 4) is 0 Å². The van der Waals surface area contributed by atoms with Gasteiger partial charge in [0.25, 0.3) is 0 Å². The van der Waals surface area contributed by atoms with Crippen LogP contribution in [0.5, 0.6) is 0 Å². The number of hydrogen-bond donors (Lipinski definition) is 3. The number of methoxy groups -OCH3 is 1. The number of nitrogens with one attached hydrogen (secondary N) is 1. The number of nitrogens with two attached hydrogens (primary N) is 1. The first kappa shape index (κ1) is 15.2. The lowest BCUT2D eigenvalue weighted by Crippen LogP contribution is -2.10. The third-order valence-electron chi connectivity index (χ3n) is 2.37. The van der Waals surface area contributed by atoms with Gasteiger partial charge in [-0.2, -0.15) is 0 Å². The molecule has 0 aromatic carbocycles. The van der Waals surface area contributed by atoms with Gasteiger partial charge in [0, 0.05) is 20.3 Å². The fourth-order valence-corrected chi connectivity index (χ4v) is 1.38. The summed E-state index contributed by atoms with van der Waals surface area (Å²) in [5.41, 5.74) is 5.71. The Hall–Kier alpha value is -1.86. The van der Waals surface area contributed by atoms with Crippen molar-refractivity contribution in [2.75, 3.05) is 44.5 Å². The van der Waals surface area contributed by atoms with Gasteiger partial charge >= 0.3 is 5.97 Å². The van der Waals surface area contributed by atoms with Crippen molar-refractivity contribution in [1.82, 2.24) is 4.98 Å². The molecule has 0 unspecified atom stereocenters. The van der Waals surface area contributed by atoms with Gasteiger partial charge in [0.2, 0.25) is 0 Å². The van der Waals surface area contributed by atoms with E-state index < -0.39 is 5.97 Å². The number of hydrogen-bond acceptors (Lipinski definition) is 6. The smallest absolute Gasteiger partial charge is 0.337 e. The normalized spacial score (nSPS) is 10.4. The summed E-state index contributed by atoms with van der Waals surface area (Å²) in [7, 11) is 1.62. The van der Waals surface area contributed by atoms with Gasteiger partial charge in [0.15, 0.2) is 0 Å². The minimum Gasteiger partial charge on any atom is -0.478 e. The van der Waals surface area contributed by atoms with Crippen LogP contribution in [0.2, 0.25) is 0 Å². The molecule has 0 bridgehead atoms. The molecule has 0 saturated carbocycles. The maximum Gasteiger partial charge on any atom is 0.337 e. The van der Waals surface area contributed by atoms with E-state index in [9.17, 15) is 4.79 Å². The first-order valence-corrected chi connectivity index (χ1v) is 5.94. The van der Waals surface area contributed by atoms with Crippen molar-refractivity contribution in [2.45, 2.75) is 6.42 Å². The van der Waals surface area contributed by atoms with Gasteiger partial charge in [0.1, 0.15) is 5.82 Å². The second-order valence-electron chi connectivity index (χ2n) is 3.85. The first-order valence-electron chi connectivity index (χ1n) is 5.94. The van der Waals surface area contributed by atoms with Gasteiger partial charge in [0.05, 0.1) is 30.7 Å². The number of carboxylic acids is 1. The van der Waals surface area contributed by atoms with Gasteiger partial charge in [-0.3, -0.25) is 0 Å². The van der Waals surface area contributed by atoms with E-state index in [1.807, 2.05) is 0 Å². The topological polar surface area (TPSA) is 107 Å². The average molecular weight is 269 g/mol. The van der Waals surface area contributed by atoms with Gasteiger partial charge < -0.3 is 25.6 Å². The molecule has 19 heavy (non-hydrogen) atoms. The van der Waals surface area contributed by atoms with Crippen LogP contribution in [0.15, 0.2) is 12.3 Å². The van der Waals surface area contributed by atoms with Crippen molar-refractivity contribution in [2.24, 2.45) is 0 Å². The number of nitrogens with zero attached hydrogens (tertiary/aromatic N) is 1. The summed E-state index contributed by atoms with van der Waals surface area (Å²) in [5.74, 6) is -0.575. The summed E-state index contributed by atoms with van der Waals surface area (Å²) in [4.78, 5) is 14.9. The molecule has 0 atom stereocenters. The fraction of sp³-hybridized carbons (Fsp3) is 0.500. The number of nitrogen functional groups attached to an aromatic ring is 1. The van der Waals surface area contributed by atoms with Crippen molar-refractivity contribution in [1.29, 1.82) is 0 Å². The number of ether oxygens (including phenoxy) is 2. The summed E-state index contributed by atoms with van der Waals surface area (Å²) in [6, 6.07) is 1.42. The molecule has 1 rings (SSSR count). The number of aromatic nitrogens is 1. The molecule has 4 N–H and O–H groups in total. The van der Waals surface area contributed by atoms with Crippen LogP contribution in [0, 0.1) is 0 Å². The van der Waals surface area contributed by atoms with Crippen LogP contribution in [0.4, 0.5) is 11.5 Å². The Morgan fingerprint density at radius 1 is 1.47 bits per heavy atom. The summed E-state index contributed by atoms with van der Waals surface area (Å²) in [5, 5.41) is 11.9. The minimum absolute atomic E-state index is 0.0499. The molecule has 106 valence electrons. The Balaban J connectivity index is 2.30. The monoisotopic (exact) mass is 269 g/mol. The molecule has 1 aromatic heterocycles. The van der Waals surface area contributed by atoms with Crippen LogP contribution >= 0.6 is 0 Å². The molecule has 7 heteroatoms. The number of aromatic carboxylic acids is 1. The average Bonchev–Trinajstić information content (AvgIpc) is 2.39. The second kappa shape index (κ2) is 8.28. The van der Waals surface area contributed by atoms with Gasteiger partial charge in [-0.1, -0.05) is 0 Å². The van der Waals surface area contributed by atoms with E-state index >= 15 is 0 Å². The lowest BCUT2D eigenvalue weighted by molar-refractivity contribution is 0.0697. The van der Waals surface area contributed by atoms with Crippen LogP contribution in [0.25, 0.3) is 0 Å². The standard InChI is InChI=1S/C12H19N3O4/c1-18-5-6-19-4-2-3-14-11-7-9(12(16)17)10(13)8-15-11/h7-8H,2-6,13H2,1H3,(H,14,15)(H,16,17). The highest BCUT2D eigenvalue weighted by atomic mass is 16.5. The first-order chi connectivity index (χ1) is 9.15. The fourth-order valence-electron chi connectivity index (χ4n) is 1.38. The van der Waals surface area contributed by atoms with Crippen LogP contribution in [0.1, 0.15) is 16.8 Å². The Labute approximate surface area is 111 Å². The number of carboxylic acid groups (broad SMARTS) is 1. The largest absolute Gasteiger partial charge is 0.478 e. The van der Waals surface area contributed by atoms with E-state index in [4.69, 9.17) is 20.3 Å². The molecule has 0 spiro atoms. The van der Waals surface area contributed by atoms with E-state index in [-0.39, 0.29) is 11.3 Å². The van der Waals surface area contributed by atoms with Crippen LogP contribution in [-0.4, -0.2) is 49.5 Å². The molecule has 0 aliphatic heterocycles. The van der Waals surface area contributed by atoms with Gasteiger partial charge in [-0.05, 0) is 12.5 Å². The Morgan fingerprint density at radius 3 is 2.95 bits per heavy atom. The van der Waals surface area contributed by atoms with Crippen LogP contribution < -0.4 is 11.1 Å². The molecule has 0 aliphatic carbocycles. The summed E-state index contributed by atoms with van der Waals surface area (Å²) >= 11 is 0. The van der Waals surface area contributed by atoms with Crippen molar-refractivity contribution < 1.29 is 19.4 Å². The predicted molar refractivity (Wildman–Crippen MR) is 71.4 cm³/mol. The number of carbonyl (C=O) groups is 1. The number of anilines is 2. The summed E-state index contributed by atoms with van der Waals surface area (Å²) in [6.07, 6.45) is 2.12. The highest BCUT2D eigenvalue weighted by molar-refractivity contribution is 5.94. The van der Waals surface area contributed by atoms with E-state index in [1.54, 1.807) is 7.11 Å². The zero-order chi connectivity index (χ0) is 14.1. The Morgan fingerprint density at radius 2 is 2.26 bits per heavy atom. The van der Waals surface area contributed by atoms with Crippen molar-refractivity contribution in [3.63, 3.8) is 0 Å². The number of rotatable bonds is 9. The minimum atomic E-state index is -1.06. The molecule has 0 amide bonds. The van der Waals surface area contributed by atoms with Crippen LogP contribution in [-0.2, 0) is 9.47 Å². The van der Waals surface area contributed by atoms with Gasteiger partial charge in [-0.15, -0.1) is 0 Å². The Kier molecular flexibility index (Phi) is 6.62. The molecule has 1 heterocycles. The van der Waals surface area contributed by atoms with Crippen LogP contribution in [0.3, 0.4) is 0 Å².